The standard InChI is InChI=1S/C11H20N2O/c12-13(10-6-7-10)11(14)8-5-9-3-1-2-4-9/h9-10H,1-8,12H2. The summed E-state index contributed by atoms with van der Waals surface area (Å²) in [5.74, 6) is 6.64. The molecular formula is C11H20N2O. The number of amides is 1. The monoisotopic (exact) mass is 196 g/mol. The van der Waals surface area contributed by atoms with Crippen LogP contribution in [0.25, 0.3) is 0 Å². The molecule has 0 unspecified atom stereocenters. The first-order valence-electron chi connectivity index (χ1n) is 5.84. The number of hydrogen-bond acceptors (Lipinski definition) is 2. The van der Waals surface area contributed by atoms with Crippen molar-refractivity contribution in [2.45, 2.75) is 57.4 Å². The highest BCUT2D eigenvalue weighted by Gasteiger charge is 2.30. The minimum absolute atomic E-state index is 0.152. The van der Waals surface area contributed by atoms with Crippen LogP contribution >= 0.6 is 0 Å². The number of nitrogens with zero attached hydrogens (tertiary/aromatic N) is 1. The lowest BCUT2D eigenvalue weighted by Crippen LogP contribution is -2.39. The fraction of sp³-hybridized carbons (Fsp3) is 0.909. The Balaban J connectivity index is 1.65. The molecule has 2 aliphatic rings. The van der Waals surface area contributed by atoms with Gasteiger partial charge >= 0.3 is 0 Å². The molecule has 3 nitrogen and oxygen atoms in total. The van der Waals surface area contributed by atoms with Gasteiger partial charge in [-0.05, 0) is 25.2 Å². The van der Waals surface area contributed by atoms with E-state index in [1.165, 1.54) is 30.7 Å². The van der Waals surface area contributed by atoms with Gasteiger partial charge in [0.05, 0.1) is 0 Å². The highest BCUT2D eigenvalue weighted by Crippen LogP contribution is 2.29. The Labute approximate surface area is 85.6 Å². The van der Waals surface area contributed by atoms with Crippen molar-refractivity contribution in [1.82, 2.24) is 5.01 Å². The zero-order valence-electron chi connectivity index (χ0n) is 8.74. The van der Waals surface area contributed by atoms with E-state index in [0.717, 1.165) is 25.2 Å². The van der Waals surface area contributed by atoms with Crippen LogP contribution in [0.3, 0.4) is 0 Å². The highest BCUT2D eigenvalue weighted by molar-refractivity contribution is 5.76. The summed E-state index contributed by atoms with van der Waals surface area (Å²) in [5, 5.41) is 1.47. The molecule has 0 bridgehead atoms. The smallest absolute Gasteiger partial charge is 0.236 e. The van der Waals surface area contributed by atoms with Crippen molar-refractivity contribution >= 4 is 5.91 Å². The Morgan fingerprint density at radius 3 is 2.43 bits per heavy atom. The van der Waals surface area contributed by atoms with Crippen LogP contribution < -0.4 is 5.84 Å². The predicted molar refractivity (Wildman–Crippen MR) is 55.2 cm³/mol. The van der Waals surface area contributed by atoms with Gasteiger partial charge in [-0.3, -0.25) is 9.80 Å². The van der Waals surface area contributed by atoms with E-state index in [4.69, 9.17) is 5.84 Å². The molecule has 3 heteroatoms. The molecule has 2 N–H and O–H groups in total. The summed E-state index contributed by atoms with van der Waals surface area (Å²) in [6.07, 6.45) is 9.28. The zero-order chi connectivity index (χ0) is 9.97. The molecule has 1 amide bonds. The quantitative estimate of drug-likeness (QED) is 0.423. The molecule has 2 aliphatic carbocycles. The average molecular weight is 196 g/mol. The normalized spacial score (nSPS) is 22.6. The minimum atomic E-state index is 0.152. The van der Waals surface area contributed by atoms with Crippen LogP contribution in [0.1, 0.15) is 51.4 Å². The maximum atomic E-state index is 11.6. The van der Waals surface area contributed by atoms with Gasteiger partial charge in [0, 0.05) is 12.5 Å². The Bertz CT molecular complexity index is 207. The minimum Gasteiger partial charge on any atom is -0.278 e. The second kappa shape index (κ2) is 4.30. The molecular weight excluding hydrogens is 176 g/mol. The van der Waals surface area contributed by atoms with Crippen molar-refractivity contribution in [2.24, 2.45) is 11.8 Å². The van der Waals surface area contributed by atoms with Crippen molar-refractivity contribution in [3.8, 4) is 0 Å². The summed E-state index contributed by atoms with van der Waals surface area (Å²) in [7, 11) is 0. The van der Waals surface area contributed by atoms with Crippen molar-refractivity contribution in [1.29, 1.82) is 0 Å². The molecule has 0 saturated heterocycles. The SMILES string of the molecule is NN(C(=O)CCC1CCCC1)C1CC1. The maximum Gasteiger partial charge on any atom is 0.236 e. The van der Waals surface area contributed by atoms with Crippen LogP contribution in [0.5, 0.6) is 0 Å². The Hall–Kier alpha value is -0.570. The summed E-state index contributed by atoms with van der Waals surface area (Å²) >= 11 is 0. The average Bonchev–Trinajstić information content (AvgIpc) is 2.91. The number of hydrogen-bond donors (Lipinski definition) is 1. The molecule has 0 spiro atoms. The van der Waals surface area contributed by atoms with Crippen molar-refractivity contribution in [2.75, 3.05) is 0 Å². The van der Waals surface area contributed by atoms with E-state index in [-0.39, 0.29) is 5.91 Å². The van der Waals surface area contributed by atoms with E-state index in [0.29, 0.717) is 12.5 Å². The topological polar surface area (TPSA) is 46.3 Å². The summed E-state index contributed by atoms with van der Waals surface area (Å²) in [6.45, 7) is 0. The largest absolute Gasteiger partial charge is 0.278 e. The number of carbonyl (C=O) groups is 1. The number of nitrogens with two attached hydrogens (primary N) is 1. The fourth-order valence-electron chi connectivity index (χ4n) is 2.31. The van der Waals surface area contributed by atoms with Gasteiger partial charge in [-0.2, -0.15) is 0 Å². The Morgan fingerprint density at radius 1 is 1.21 bits per heavy atom. The van der Waals surface area contributed by atoms with Crippen molar-refractivity contribution in [3.05, 3.63) is 0 Å². The van der Waals surface area contributed by atoms with Crippen LogP contribution in [0, 0.1) is 5.92 Å². The third kappa shape index (κ3) is 2.47. The summed E-state index contributed by atoms with van der Waals surface area (Å²) < 4.78 is 0. The predicted octanol–water partition coefficient (Wildman–Crippen LogP) is 1.82. The first-order chi connectivity index (χ1) is 6.77. The van der Waals surface area contributed by atoms with Gasteiger partial charge in [0.1, 0.15) is 0 Å². The summed E-state index contributed by atoms with van der Waals surface area (Å²) in [5.41, 5.74) is 0. The molecule has 80 valence electrons. The van der Waals surface area contributed by atoms with Gasteiger partial charge in [-0.15, -0.1) is 0 Å². The second-order valence-corrected chi connectivity index (χ2v) is 4.72. The van der Waals surface area contributed by atoms with E-state index in [9.17, 15) is 4.79 Å². The zero-order valence-corrected chi connectivity index (χ0v) is 8.74. The van der Waals surface area contributed by atoms with Crippen LogP contribution in [0.2, 0.25) is 0 Å². The number of hydrazine groups is 1. The molecule has 14 heavy (non-hydrogen) atoms. The lowest BCUT2D eigenvalue weighted by atomic mass is 10.0. The molecule has 2 saturated carbocycles. The van der Waals surface area contributed by atoms with Crippen LogP contribution in [-0.2, 0) is 4.79 Å². The Kier molecular flexibility index (Phi) is 3.06. The third-order valence-electron chi connectivity index (χ3n) is 3.47. The molecule has 0 heterocycles. The lowest BCUT2D eigenvalue weighted by molar-refractivity contribution is -0.132. The molecule has 2 rings (SSSR count). The Morgan fingerprint density at radius 2 is 1.86 bits per heavy atom. The van der Waals surface area contributed by atoms with E-state index < -0.39 is 0 Å². The van der Waals surface area contributed by atoms with Gasteiger partial charge in [-0.1, -0.05) is 25.7 Å². The fourth-order valence-corrected chi connectivity index (χ4v) is 2.31. The third-order valence-corrected chi connectivity index (χ3v) is 3.47. The van der Waals surface area contributed by atoms with Crippen LogP contribution in [0.4, 0.5) is 0 Å². The van der Waals surface area contributed by atoms with Gasteiger partial charge in [0.2, 0.25) is 5.91 Å². The molecule has 2 fully saturated rings. The molecule has 0 aliphatic heterocycles. The maximum absolute atomic E-state index is 11.6. The highest BCUT2D eigenvalue weighted by atomic mass is 16.2. The molecule has 0 aromatic rings. The van der Waals surface area contributed by atoms with Gasteiger partial charge in [0.15, 0.2) is 0 Å². The lowest BCUT2D eigenvalue weighted by Gasteiger charge is -2.16. The molecule has 0 radical (unpaired) electrons. The van der Waals surface area contributed by atoms with Crippen molar-refractivity contribution < 1.29 is 4.79 Å². The number of rotatable bonds is 4. The first-order valence-corrected chi connectivity index (χ1v) is 5.84. The van der Waals surface area contributed by atoms with E-state index in [1.807, 2.05) is 0 Å². The van der Waals surface area contributed by atoms with Crippen LogP contribution in [0.15, 0.2) is 0 Å². The molecule has 0 atom stereocenters. The van der Waals surface area contributed by atoms with Gasteiger partial charge in [0.25, 0.3) is 0 Å². The summed E-state index contributed by atoms with van der Waals surface area (Å²) in [4.78, 5) is 11.6. The van der Waals surface area contributed by atoms with E-state index in [1.54, 1.807) is 0 Å². The summed E-state index contributed by atoms with van der Waals surface area (Å²) in [6, 6.07) is 0.367. The van der Waals surface area contributed by atoms with Gasteiger partial charge in [-0.25, -0.2) is 5.84 Å². The van der Waals surface area contributed by atoms with Gasteiger partial charge < -0.3 is 0 Å². The second-order valence-electron chi connectivity index (χ2n) is 4.72. The molecule has 0 aromatic carbocycles. The van der Waals surface area contributed by atoms with Crippen molar-refractivity contribution in [3.63, 3.8) is 0 Å². The first kappa shape index (κ1) is 9.97. The van der Waals surface area contributed by atoms with E-state index in [2.05, 4.69) is 0 Å². The molecule has 0 aromatic heterocycles. The van der Waals surface area contributed by atoms with Crippen LogP contribution in [-0.4, -0.2) is 17.0 Å². The van der Waals surface area contributed by atoms with E-state index >= 15 is 0 Å². The number of carbonyl (C=O) groups excluding carboxylic acids is 1.